The number of unbranched alkanes of at least 4 members (excludes halogenated alkanes) is 1. The molecule has 84 valence electrons. The molecule has 0 bridgehead atoms. The molecule has 0 aromatic carbocycles. The summed E-state index contributed by atoms with van der Waals surface area (Å²) in [6, 6.07) is 0. The van der Waals surface area contributed by atoms with Crippen molar-refractivity contribution in [2.45, 2.75) is 59.4 Å². The molecule has 0 unspecified atom stereocenters. The third-order valence-electron chi connectivity index (χ3n) is 2.16. The molecule has 0 aliphatic heterocycles. The predicted molar refractivity (Wildman–Crippen MR) is 65.6 cm³/mol. The third-order valence-corrected chi connectivity index (χ3v) is 2.16. The summed E-state index contributed by atoms with van der Waals surface area (Å²) < 4.78 is 0. The van der Waals surface area contributed by atoms with E-state index in [1.807, 2.05) is 6.08 Å². The number of hydrogen-bond acceptors (Lipinski definition) is 1. The van der Waals surface area contributed by atoms with E-state index in [-0.39, 0.29) is 5.54 Å². The second kappa shape index (κ2) is 5.55. The first-order chi connectivity index (χ1) is 6.27. The zero-order chi connectivity index (χ0) is 11.2. The van der Waals surface area contributed by atoms with Gasteiger partial charge in [-0.25, -0.2) is 0 Å². The van der Waals surface area contributed by atoms with Crippen LogP contribution in [0.3, 0.4) is 0 Å². The van der Waals surface area contributed by atoms with Gasteiger partial charge in [-0.2, -0.15) is 0 Å². The summed E-state index contributed by atoms with van der Waals surface area (Å²) in [4.78, 5) is 0. The summed E-state index contributed by atoms with van der Waals surface area (Å²) in [5.41, 5.74) is 0.647. The van der Waals surface area contributed by atoms with Crippen molar-refractivity contribution in [1.29, 1.82) is 0 Å². The van der Waals surface area contributed by atoms with Gasteiger partial charge < -0.3 is 5.32 Å². The van der Waals surface area contributed by atoms with Crippen molar-refractivity contribution in [1.82, 2.24) is 5.32 Å². The van der Waals surface area contributed by atoms with E-state index in [4.69, 9.17) is 0 Å². The summed E-state index contributed by atoms with van der Waals surface area (Å²) in [7, 11) is 0. The maximum absolute atomic E-state index is 3.73. The summed E-state index contributed by atoms with van der Waals surface area (Å²) in [5.74, 6) is 0. The van der Waals surface area contributed by atoms with Crippen LogP contribution >= 0.6 is 0 Å². The molecule has 1 nitrogen and oxygen atoms in total. The van der Waals surface area contributed by atoms with E-state index in [1.165, 1.54) is 12.8 Å². The molecule has 0 fully saturated rings. The van der Waals surface area contributed by atoms with Gasteiger partial charge in [0.2, 0.25) is 0 Å². The van der Waals surface area contributed by atoms with Crippen LogP contribution in [0.4, 0.5) is 0 Å². The normalized spacial score (nSPS) is 12.9. The third kappa shape index (κ3) is 8.31. The molecule has 0 atom stereocenters. The molecule has 14 heavy (non-hydrogen) atoms. The Kier molecular flexibility index (Phi) is 5.43. The molecule has 0 aromatic heterocycles. The number of nitrogens with one attached hydrogen (secondary N) is 1. The van der Waals surface area contributed by atoms with Crippen molar-refractivity contribution in [2.24, 2.45) is 5.41 Å². The van der Waals surface area contributed by atoms with Crippen LogP contribution in [0.2, 0.25) is 0 Å². The number of allylic oxidation sites excluding steroid dienone is 1. The Bertz CT molecular complexity index is 163. The molecule has 0 aromatic rings. The van der Waals surface area contributed by atoms with Crippen LogP contribution in [0.5, 0.6) is 0 Å². The van der Waals surface area contributed by atoms with Gasteiger partial charge in [0, 0.05) is 5.54 Å². The molecular weight excluding hydrogens is 170 g/mol. The Morgan fingerprint density at radius 2 is 1.71 bits per heavy atom. The number of rotatable bonds is 6. The van der Waals surface area contributed by atoms with Crippen molar-refractivity contribution in [3.63, 3.8) is 0 Å². The molecule has 1 heteroatoms. The second-order valence-corrected chi connectivity index (χ2v) is 5.98. The van der Waals surface area contributed by atoms with Crippen LogP contribution in [0.15, 0.2) is 12.7 Å². The monoisotopic (exact) mass is 197 g/mol. The summed E-state index contributed by atoms with van der Waals surface area (Å²) in [6.07, 6.45) is 5.49. The fourth-order valence-corrected chi connectivity index (χ4v) is 2.06. The van der Waals surface area contributed by atoms with E-state index < -0.39 is 0 Å². The van der Waals surface area contributed by atoms with Crippen molar-refractivity contribution in [2.75, 3.05) is 6.54 Å². The van der Waals surface area contributed by atoms with E-state index in [9.17, 15) is 0 Å². The molecule has 0 aliphatic rings. The molecule has 0 amide bonds. The maximum Gasteiger partial charge on any atom is 0.0130 e. The number of hydrogen-bond donors (Lipinski definition) is 1. The van der Waals surface area contributed by atoms with Crippen molar-refractivity contribution in [3.8, 4) is 0 Å². The first kappa shape index (κ1) is 13.7. The van der Waals surface area contributed by atoms with Crippen molar-refractivity contribution >= 4 is 0 Å². The molecule has 0 rings (SSSR count). The van der Waals surface area contributed by atoms with E-state index in [0.717, 1.165) is 13.0 Å². The molecule has 0 saturated heterocycles. The minimum atomic E-state index is 0.249. The Morgan fingerprint density at radius 1 is 1.14 bits per heavy atom. The molecule has 0 aliphatic carbocycles. The highest BCUT2D eigenvalue weighted by Gasteiger charge is 2.24. The van der Waals surface area contributed by atoms with Gasteiger partial charge in [0.25, 0.3) is 0 Å². The van der Waals surface area contributed by atoms with Gasteiger partial charge in [-0.05, 0) is 45.1 Å². The van der Waals surface area contributed by atoms with E-state index >= 15 is 0 Å². The predicted octanol–water partition coefficient (Wildman–Crippen LogP) is 3.76. The molecule has 0 radical (unpaired) electrons. The van der Waals surface area contributed by atoms with E-state index in [0.29, 0.717) is 5.41 Å². The average molecular weight is 197 g/mol. The van der Waals surface area contributed by atoms with Gasteiger partial charge in [0.05, 0.1) is 0 Å². The Balaban J connectivity index is 3.77. The van der Waals surface area contributed by atoms with Gasteiger partial charge in [0.15, 0.2) is 0 Å². The van der Waals surface area contributed by atoms with Crippen LogP contribution in [-0.4, -0.2) is 12.1 Å². The van der Waals surface area contributed by atoms with Gasteiger partial charge in [-0.1, -0.05) is 26.8 Å². The summed E-state index contributed by atoms with van der Waals surface area (Å²) in [6.45, 7) is 16.3. The lowest BCUT2D eigenvalue weighted by atomic mass is 9.82. The van der Waals surface area contributed by atoms with Gasteiger partial charge in [-0.15, -0.1) is 6.58 Å². The molecule has 0 spiro atoms. The van der Waals surface area contributed by atoms with Gasteiger partial charge in [-0.3, -0.25) is 0 Å². The summed E-state index contributed by atoms with van der Waals surface area (Å²) >= 11 is 0. The second-order valence-electron chi connectivity index (χ2n) is 5.98. The highest BCUT2D eigenvalue weighted by atomic mass is 14.9. The lowest BCUT2D eigenvalue weighted by Gasteiger charge is -2.33. The van der Waals surface area contributed by atoms with E-state index in [1.54, 1.807) is 0 Å². The van der Waals surface area contributed by atoms with E-state index in [2.05, 4.69) is 46.5 Å². The fraction of sp³-hybridized carbons (Fsp3) is 0.846. The van der Waals surface area contributed by atoms with Crippen LogP contribution in [-0.2, 0) is 0 Å². The quantitative estimate of drug-likeness (QED) is 0.505. The van der Waals surface area contributed by atoms with Crippen LogP contribution < -0.4 is 5.32 Å². The Hall–Kier alpha value is -0.300. The van der Waals surface area contributed by atoms with Crippen molar-refractivity contribution in [3.05, 3.63) is 12.7 Å². The van der Waals surface area contributed by atoms with Crippen LogP contribution in [0.25, 0.3) is 0 Å². The fourth-order valence-electron chi connectivity index (χ4n) is 2.06. The minimum Gasteiger partial charge on any atom is -0.312 e. The molecule has 0 heterocycles. The minimum absolute atomic E-state index is 0.249. The maximum atomic E-state index is 3.73. The Morgan fingerprint density at radius 3 is 2.14 bits per heavy atom. The summed E-state index contributed by atoms with van der Waals surface area (Å²) in [5, 5.41) is 3.60. The molecule has 0 saturated carbocycles. The van der Waals surface area contributed by atoms with Crippen LogP contribution in [0.1, 0.15) is 53.9 Å². The standard InChI is InChI=1S/C13H27N/c1-7-8-9-10-14-13(5,6)11-12(2,3)4/h7,14H,1,8-11H2,2-6H3. The largest absolute Gasteiger partial charge is 0.312 e. The first-order valence-corrected chi connectivity index (χ1v) is 5.63. The first-order valence-electron chi connectivity index (χ1n) is 5.63. The van der Waals surface area contributed by atoms with Gasteiger partial charge in [0.1, 0.15) is 0 Å². The highest BCUT2D eigenvalue weighted by Crippen LogP contribution is 2.26. The average Bonchev–Trinajstić information content (AvgIpc) is 1.93. The SMILES string of the molecule is C=CCCCNC(C)(C)CC(C)(C)C. The zero-order valence-corrected chi connectivity index (χ0v) is 10.6. The molecular formula is C13H27N. The van der Waals surface area contributed by atoms with Gasteiger partial charge >= 0.3 is 0 Å². The van der Waals surface area contributed by atoms with Crippen LogP contribution in [0, 0.1) is 5.41 Å². The highest BCUT2D eigenvalue weighted by molar-refractivity contribution is 4.83. The van der Waals surface area contributed by atoms with Crippen molar-refractivity contribution < 1.29 is 0 Å². The lowest BCUT2D eigenvalue weighted by molar-refractivity contribution is 0.242. The molecule has 1 N–H and O–H groups in total. The zero-order valence-electron chi connectivity index (χ0n) is 10.6. The lowest BCUT2D eigenvalue weighted by Crippen LogP contribution is -2.42. The Labute approximate surface area is 90.0 Å². The smallest absolute Gasteiger partial charge is 0.0130 e. The topological polar surface area (TPSA) is 12.0 Å².